The van der Waals surface area contributed by atoms with Crippen LogP contribution in [0.5, 0.6) is 0 Å². The Labute approximate surface area is 202 Å². The van der Waals surface area contributed by atoms with Crippen LogP contribution < -0.4 is 0 Å². The van der Waals surface area contributed by atoms with Crippen molar-refractivity contribution in [3.63, 3.8) is 0 Å². The first kappa shape index (κ1) is 24.1. The summed E-state index contributed by atoms with van der Waals surface area (Å²) in [5.41, 5.74) is 1.92. The number of halogens is 3. The average molecular weight is 487 g/mol. The molecule has 8 heteroatoms. The Kier molecular flexibility index (Phi) is 7.77. The van der Waals surface area contributed by atoms with Gasteiger partial charge in [0.1, 0.15) is 6.61 Å². The van der Waals surface area contributed by atoms with Crippen LogP contribution in [0.15, 0.2) is 72.8 Å². The molecule has 0 aliphatic carbocycles. The van der Waals surface area contributed by atoms with Gasteiger partial charge in [0.25, 0.3) is 0 Å². The molecule has 1 fully saturated rings. The highest BCUT2D eigenvalue weighted by Gasteiger charge is 2.38. The van der Waals surface area contributed by atoms with Crippen LogP contribution in [-0.4, -0.2) is 46.2 Å². The number of ether oxygens (including phenoxy) is 1. The van der Waals surface area contributed by atoms with E-state index in [2.05, 4.69) is 0 Å². The van der Waals surface area contributed by atoms with Crippen LogP contribution in [0, 0.1) is 11.6 Å². The number of likely N-dealkylation sites (tertiary alicyclic amines) is 1. The standard InChI is InChI=1S/C26H25ClF2N2O3/c27-21-11-9-18(10-12-21)13-30(14-20-7-4-8-22(28)25(20)29)23-15-31(16-24(23)32)26(33)34-17-19-5-2-1-3-6-19/h1-12,23-24,32H,13-17H2/t23-,24-/m1/s1. The molecule has 0 aromatic heterocycles. The van der Waals surface area contributed by atoms with E-state index < -0.39 is 29.9 Å². The maximum absolute atomic E-state index is 14.4. The monoisotopic (exact) mass is 486 g/mol. The number of amides is 1. The third-order valence-electron chi connectivity index (χ3n) is 5.90. The van der Waals surface area contributed by atoms with Crippen LogP contribution in [0.25, 0.3) is 0 Å². The van der Waals surface area contributed by atoms with E-state index in [1.165, 1.54) is 17.0 Å². The van der Waals surface area contributed by atoms with Gasteiger partial charge >= 0.3 is 6.09 Å². The second-order valence-corrected chi connectivity index (χ2v) is 8.76. The summed E-state index contributed by atoms with van der Waals surface area (Å²) in [6.45, 7) is 0.808. The number of rotatable bonds is 7. The van der Waals surface area contributed by atoms with Crippen LogP contribution in [0.2, 0.25) is 5.02 Å². The molecule has 1 heterocycles. The zero-order valence-corrected chi connectivity index (χ0v) is 19.2. The smallest absolute Gasteiger partial charge is 0.410 e. The number of β-amino-alcohol motifs (C(OH)–C–C–N with tert-alkyl or cyclic N) is 1. The van der Waals surface area contributed by atoms with Gasteiger partial charge in [-0.05, 0) is 29.3 Å². The Morgan fingerprint density at radius 3 is 2.44 bits per heavy atom. The number of aliphatic hydroxyl groups excluding tert-OH is 1. The van der Waals surface area contributed by atoms with Crippen molar-refractivity contribution >= 4 is 17.7 Å². The van der Waals surface area contributed by atoms with E-state index in [4.69, 9.17) is 16.3 Å². The molecule has 1 N–H and O–H groups in total. The van der Waals surface area contributed by atoms with Crippen molar-refractivity contribution < 1.29 is 23.4 Å². The first-order chi connectivity index (χ1) is 16.4. The number of hydrogen-bond acceptors (Lipinski definition) is 4. The first-order valence-corrected chi connectivity index (χ1v) is 11.3. The molecule has 1 amide bonds. The molecule has 34 heavy (non-hydrogen) atoms. The van der Waals surface area contributed by atoms with Crippen LogP contribution in [0.4, 0.5) is 13.6 Å². The second kappa shape index (κ2) is 11.0. The minimum Gasteiger partial charge on any atom is -0.445 e. The number of carbonyl (C=O) groups is 1. The van der Waals surface area contributed by atoms with Gasteiger partial charge in [0.15, 0.2) is 11.6 Å². The lowest BCUT2D eigenvalue weighted by atomic mass is 10.1. The van der Waals surface area contributed by atoms with Gasteiger partial charge in [-0.25, -0.2) is 13.6 Å². The summed E-state index contributed by atoms with van der Waals surface area (Å²) >= 11 is 5.99. The molecule has 0 radical (unpaired) electrons. The highest BCUT2D eigenvalue weighted by Crippen LogP contribution is 2.24. The van der Waals surface area contributed by atoms with Crippen molar-refractivity contribution in [2.75, 3.05) is 13.1 Å². The predicted octanol–water partition coefficient (Wildman–Crippen LogP) is 5.00. The van der Waals surface area contributed by atoms with E-state index >= 15 is 0 Å². The molecule has 0 bridgehead atoms. The van der Waals surface area contributed by atoms with E-state index in [1.54, 1.807) is 12.1 Å². The van der Waals surface area contributed by atoms with Gasteiger partial charge in [0, 0.05) is 30.2 Å². The maximum atomic E-state index is 14.4. The summed E-state index contributed by atoms with van der Waals surface area (Å²) in [5.74, 6) is -1.85. The molecule has 5 nitrogen and oxygen atoms in total. The number of benzene rings is 3. The number of nitrogens with zero attached hydrogens (tertiary/aromatic N) is 2. The molecule has 1 aliphatic heterocycles. The largest absolute Gasteiger partial charge is 0.445 e. The van der Waals surface area contributed by atoms with Crippen molar-refractivity contribution in [1.82, 2.24) is 9.80 Å². The first-order valence-electron chi connectivity index (χ1n) is 11.0. The van der Waals surface area contributed by atoms with E-state index in [0.717, 1.165) is 17.2 Å². The fourth-order valence-electron chi connectivity index (χ4n) is 4.09. The van der Waals surface area contributed by atoms with Crippen molar-refractivity contribution in [3.8, 4) is 0 Å². The Bertz CT molecular complexity index is 1110. The lowest BCUT2D eigenvalue weighted by molar-refractivity contribution is 0.0720. The lowest BCUT2D eigenvalue weighted by Gasteiger charge is -2.31. The van der Waals surface area contributed by atoms with E-state index in [1.807, 2.05) is 47.4 Å². The Hall–Kier alpha value is -3.00. The average Bonchev–Trinajstić information content (AvgIpc) is 3.23. The van der Waals surface area contributed by atoms with Gasteiger partial charge in [0.05, 0.1) is 18.7 Å². The van der Waals surface area contributed by atoms with E-state index in [9.17, 15) is 18.7 Å². The molecule has 0 unspecified atom stereocenters. The molecule has 0 saturated carbocycles. The van der Waals surface area contributed by atoms with Crippen LogP contribution in [-0.2, 0) is 24.4 Å². The van der Waals surface area contributed by atoms with Gasteiger partial charge in [-0.2, -0.15) is 0 Å². The minimum atomic E-state index is -0.929. The molecule has 3 aromatic carbocycles. The Balaban J connectivity index is 1.49. The second-order valence-electron chi connectivity index (χ2n) is 8.32. The fourth-order valence-corrected chi connectivity index (χ4v) is 4.22. The third-order valence-corrected chi connectivity index (χ3v) is 6.15. The summed E-state index contributed by atoms with van der Waals surface area (Å²) in [5, 5.41) is 11.4. The SMILES string of the molecule is O=C(OCc1ccccc1)N1C[C@@H](O)[C@H](N(Cc2ccc(Cl)cc2)Cc2cccc(F)c2F)C1. The minimum absolute atomic E-state index is 0.0564. The molecule has 4 rings (SSSR count). The summed E-state index contributed by atoms with van der Waals surface area (Å²) < 4.78 is 33.7. The van der Waals surface area contributed by atoms with E-state index in [0.29, 0.717) is 11.6 Å². The Morgan fingerprint density at radius 1 is 0.971 bits per heavy atom. The van der Waals surface area contributed by atoms with Gasteiger partial charge in [-0.15, -0.1) is 0 Å². The molecule has 3 aromatic rings. The molecule has 2 atom stereocenters. The summed E-state index contributed by atoms with van der Waals surface area (Å²) in [4.78, 5) is 15.9. The number of carbonyl (C=O) groups excluding carboxylic acids is 1. The number of aliphatic hydroxyl groups is 1. The van der Waals surface area contributed by atoms with Crippen LogP contribution in [0.1, 0.15) is 16.7 Å². The summed E-state index contributed by atoms with van der Waals surface area (Å²) in [7, 11) is 0. The molecule has 0 spiro atoms. The van der Waals surface area contributed by atoms with Gasteiger partial charge < -0.3 is 14.7 Å². The summed E-state index contributed by atoms with van der Waals surface area (Å²) in [6, 6.07) is 20.0. The van der Waals surface area contributed by atoms with Crippen molar-refractivity contribution in [2.24, 2.45) is 0 Å². The zero-order chi connectivity index (χ0) is 24.1. The Morgan fingerprint density at radius 2 is 1.71 bits per heavy atom. The van der Waals surface area contributed by atoms with Gasteiger partial charge in [-0.1, -0.05) is 66.2 Å². The molecule has 1 saturated heterocycles. The topological polar surface area (TPSA) is 53.0 Å². The zero-order valence-electron chi connectivity index (χ0n) is 18.4. The van der Waals surface area contributed by atoms with Crippen LogP contribution >= 0.6 is 11.6 Å². The van der Waals surface area contributed by atoms with Crippen molar-refractivity contribution in [1.29, 1.82) is 0 Å². The van der Waals surface area contributed by atoms with Gasteiger partial charge in [-0.3, -0.25) is 4.90 Å². The molecular formula is C26H25ClF2N2O3. The molecule has 178 valence electrons. The third kappa shape index (κ3) is 5.91. The molecular weight excluding hydrogens is 462 g/mol. The van der Waals surface area contributed by atoms with Crippen LogP contribution in [0.3, 0.4) is 0 Å². The van der Waals surface area contributed by atoms with Crippen molar-refractivity contribution in [2.45, 2.75) is 31.8 Å². The highest BCUT2D eigenvalue weighted by molar-refractivity contribution is 6.30. The highest BCUT2D eigenvalue weighted by atomic mass is 35.5. The normalized spacial score (nSPS) is 17.9. The summed E-state index contributed by atoms with van der Waals surface area (Å²) in [6.07, 6.45) is -1.41. The molecule has 1 aliphatic rings. The maximum Gasteiger partial charge on any atom is 0.410 e. The lowest BCUT2D eigenvalue weighted by Crippen LogP contribution is -2.42. The quantitative estimate of drug-likeness (QED) is 0.510. The van der Waals surface area contributed by atoms with Crippen molar-refractivity contribution in [3.05, 3.63) is 106 Å². The fraction of sp³-hybridized carbons (Fsp3) is 0.269. The number of hydrogen-bond donors (Lipinski definition) is 1. The van der Waals surface area contributed by atoms with Gasteiger partial charge in [0.2, 0.25) is 0 Å². The van der Waals surface area contributed by atoms with E-state index in [-0.39, 0.29) is 31.8 Å². The predicted molar refractivity (Wildman–Crippen MR) is 125 cm³/mol.